The molecular weight excluding hydrogens is 300 g/mol. The lowest BCUT2D eigenvalue weighted by atomic mass is 10.1. The predicted molar refractivity (Wildman–Crippen MR) is 84.9 cm³/mol. The summed E-state index contributed by atoms with van der Waals surface area (Å²) in [5.41, 5.74) is 11.1. The Morgan fingerprint density at radius 3 is 2.70 bits per heavy atom. The maximum Gasteiger partial charge on any atom is 0.245 e. The van der Waals surface area contributed by atoms with E-state index in [9.17, 15) is 19.5 Å². The molecule has 1 aliphatic rings. The number of aliphatic hydroxyl groups excluding tert-OH is 1. The van der Waals surface area contributed by atoms with Crippen LogP contribution in [0.2, 0.25) is 0 Å². The average Bonchev–Trinajstić information content (AvgIpc) is 3.00. The largest absolute Gasteiger partial charge is 0.391 e. The molecule has 8 nitrogen and oxygen atoms in total. The van der Waals surface area contributed by atoms with E-state index in [-0.39, 0.29) is 5.91 Å². The van der Waals surface area contributed by atoms with E-state index in [2.05, 4.69) is 5.32 Å². The third-order valence-corrected chi connectivity index (χ3v) is 4.06. The molecule has 6 N–H and O–H groups in total. The summed E-state index contributed by atoms with van der Waals surface area (Å²) in [6.45, 7) is 2.38. The zero-order valence-corrected chi connectivity index (χ0v) is 13.5. The zero-order valence-electron chi connectivity index (χ0n) is 13.5. The van der Waals surface area contributed by atoms with Gasteiger partial charge in [0.25, 0.3) is 0 Å². The van der Waals surface area contributed by atoms with E-state index in [4.69, 9.17) is 11.5 Å². The van der Waals surface area contributed by atoms with Crippen LogP contribution in [0.5, 0.6) is 0 Å². The predicted octanol–water partition coefficient (Wildman–Crippen LogP) is -1.59. The molecule has 1 rings (SSSR count). The molecule has 1 saturated heterocycles. The fourth-order valence-electron chi connectivity index (χ4n) is 2.59. The smallest absolute Gasteiger partial charge is 0.245 e. The van der Waals surface area contributed by atoms with Gasteiger partial charge in [-0.05, 0) is 45.6 Å². The molecule has 0 spiro atoms. The molecule has 8 heteroatoms. The van der Waals surface area contributed by atoms with Gasteiger partial charge in [-0.1, -0.05) is 0 Å². The van der Waals surface area contributed by atoms with Crippen LogP contribution in [0.1, 0.15) is 39.0 Å². The molecule has 131 valence electrons. The fraction of sp³-hybridized carbons (Fsp3) is 0.800. The van der Waals surface area contributed by atoms with Gasteiger partial charge in [0.2, 0.25) is 18.1 Å². The Morgan fingerprint density at radius 2 is 2.13 bits per heavy atom. The van der Waals surface area contributed by atoms with Crippen LogP contribution in [0, 0.1) is 0 Å². The summed E-state index contributed by atoms with van der Waals surface area (Å²) in [6, 6.07) is -2.43. The first-order valence-electron chi connectivity index (χ1n) is 8.04. The number of hydrogen-bond donors (Lipinski definition) is 4. The third kappa shape index (κ3) is 5.56. The van der Waals surface area contributed by atoms with Crippen molar-refractivity contribution in [1.29, 1.82) is 0 Å². The van der Waals surface area contributed by atoms with Crippen molar-refractivity contribution in [2.45, 2.75) is 63.3 Å². The summed E-state index contributed by atoms with van der Waals surface area (Å²) >= 11 is 0. The topological polar surface area (TPSA) is 139 Å². The molecule has 0 aromatic carbocycles. The van der Waals surface area contributed by atoms with Crippen LogP contribution < -0.4 is 16.8 Å². The second-order valence-electron chi connectivity index (χ2n) is 5.92. The van der Waals surface area contributed by atoms with Crippen LogP contribution in [-0.4, -0.2) is 65.4 Å². The van der Waals surface area contributed by atoms with Gasteiger partial charge >= 0.3 is 0 Å². The van der Waals surface area contributed by atoms with Crippen molar-refractivity contribution in [2.75, 3.05) is 13.1 Å². The summed E-state index contributed by atoms with van der Waals surface area (Å²) in [7, 11) is 0. The lowest BCUT2D eigenvalue weighted by molar-refractivity contribution is -0.137. The second-order valence-corrected chi connectivity index (χ2v) is 5.92. The highest BCUT2D eigenvalue weighted by Gasteiger charge is 2.34. The number of nitrogens with one attached hydrogen (secondary N) is 1. The van der Waals surface area contributed by atoms with E-state index < -0.39 is 30.1 Å². The van der Waals surface area contributed by atoms with E-state index in [0.717, 1.165) is 12.8 Å². The van der Waals surface area contributed by atoms with Crippen molar-refractivity contribution in [2.24, 2.45) is 11.5 Å². The molecule has 0 saturated carbocycles. The van der Waals surface area contributed by atoms with Gasteiger partial charge in [-0.2, -0.15) is 0 Å². The van der Waals surface area contributed by atoms with Crippen LogP contribution in [0.25, 0.3) is 0 Å². The summed E-state index contributed by atoms with van der Waals surface area (Å²) in [5, 5.41) is 12.0. The summed E-state index contributed by atoms with van der Waals surface area (Å²) in [6.07, 6.45) is 3.99. The van der Waals surface area contributed by atoms with Gasteiger partial charge in [0.15, 0.2) is 0 Å². The Labute approximate surface area is 136 Å². The minimum Gasteiger partial charge on any atom is -0.391 e. The number of unbranched alkanes of at least 4 members (excludes halogenated alkanes) is 1. The molecule has 1 aliphatic heterocycles. The second kappa shape index (κ2) is 9.59. The van der Waals surface area contributed by atoms with Gasteiger partial charge in [-0.25, -0.2) is 0 Å². The van der Waals surface area contributed by atoms with Crippen LogP contribution in [0.4, 0.5) is 0 Å². The third-order valence-electron chi connectivity index (χ3n) is 4.06. The van der Waals surface area contributed by atoms with Gasteiger partial charge in [0.05, 0.1) is 12.1 Å². The lowest BCUT2D eigenvalue weighted by Gasteiger charge is -2.27. The molecule has 0 aliphatic carbocycles. The van der Waals surface area contributed by atoms with Gasteiger partial charge in [0.1, 0.15) is 12.1 Å². The highest BCUT2D eigenvalue weighted by molar-refractivity contribution is 5.91. The number of carbonyl (C=O) groups excluding carboxylic acids is 3. The number of hydrogen-bond acceptors (Lipinski definition) is 6. The summed E-state index contributed by atoms with van der Waals surface area (Å²) < 4.78 is 0. The lowest BCUT2D eigenvalue weighted by Crippen LogP contribution is -2.55. The molecule has 0 bridgehead atoms. The number of likely N-dealkylation sites (tertiary alicyclic amines) is 1. The summed E-state index contributed by atoms with van der Waals surface area (Å²) in [4.78, 5) is 37.1. The molecule has 1 radical (unpaired) electrons. The standard InChI is InChI=1S/C15H27N4O4/c1-10(21)13(17)14(22)18-12(6-2-3-7-16)15(23)19-8-4-5-11(19)9-20/h10-13,21H,2-8,16-17H2,1H3,(H,18,22)/t10-,11+,12+,13+/m1/s1. The molecule has 0 aromatic rings. The first-order chi connectivity index (χ1) is 10.9. The Balaban J connectivity index is 2.76. The Bertz CT molecular complexity index is 416. The molecule has 0 unspecified atom stereocenters. The number of nitrogens with two attached hydrogens (primary N) is 2. The first kappa shape index (κ1) is 19.5. The van der Waals surface area contributed by atoms with Gasteiger partial charge in [-0.3, -0.25) is 14.4 Å². The molecule has 0 aromatic heterocycles. The molecule has 23 heavy (non-hydrogen) atoms. The summed E-state index contributed by atoms with van der Waals surface area (Å²) in [5.74, 6) is -0.893. The minimum absolute atomic E-state index is 0.306. The minimum atomic E-state index is -1.10. The van der Waals surface area contributed by atoms with Crippen molar-refractivity contribution in [3.05, 3.63) is 0 Å². The molecule has 4 atom stereocenters. The first-order valence-corrected chi connectivity index (χ1v) is 8.04. The number of nitrogens with zero attached hydrogens (tertiary/aromatic N) is 1. The molecule has 1 heterocycles. The van der Waals surface area contributed by atoms with Gasteiger partial charge in [0, 0.05) is 6.54 Å². The monoisotopic (exact) mass is 327 g/mol. The van der Waals surface area contributed by atoms with Crippen molar-refractivity contribution >= 4 is 18.1 Å². The van der Waals surface area contributed by atoms with Crippen LogP contribution in [0.3, 0.4) is 0 Å². The number of carbonyl (C=O) groups is 2. The molecular formula is C15H27N4O4. The van der Waals surface area contributed by atoms with E-state index in [1.54, 1.807) is 0 Å². The normalized spacial score (nSPS) is 21.6. The van der Waals surface area contributed by atoms with Crippen LogP contribution in [0.15, 0.2) is 0 Å². The van der Waals surface area contributed by atoms with E-state index in [1.807, 2.05) is 6.29 Å². The molecule has 1 fully saturated rings. The number of amides is 2. The number of rotatable bonds is 9. The van der Waals surface area contributed by atoms with Crippen LogP contribution >= 0.6 is 0 Å². The molecule has 2 amide bonds. The maximum atomic E-state index is 12.6. The quantitative estimate of drug-likeness (QED) is 0.377. The van der Waals surface area contributed by atoms with E-state index in [0.29, 0.717) is 32.4 Å². The van der Waals surface area contributed by atoms with Gasteiger partial charge < -0.3 is 26.8 Å². The van der Waals surface area contributed by atoms with E-state index >= 15 is 0 Å². The fourth-order valence-corrected chi connectivity index (χ4v) is 2.59. The van der Waals surface area contributed by atoms with Crippen LogP contribution in [-0.2, 0) is 14.4 Å². The zero-order chi connectivity index (χ0) is 17.4. The Morgan fingerprint density at radius 1 is 1.43 bits per heavy atom. The van der Waals surface area contributed by atoms with Crippen molar-refractivity contribution in [3.8, 4) is 0 Å². The average molecular weight is 327 g/mol. The van der Waals surface area contributed by atoms with Crippen molar-refractivity contribution < 1.29 is 19.5 Å². The SMILES string of the molecule is C[C@@H](O)[C@H](N)C(=O)N[C@@H](CCCCN)C(=O)N1CCC[C@H]1[C]=O. The Kier molecular flexibility index (Phi) is 8.15. The van der Waals surface area contributed by atoms with Gasteiger partial charge in [-0.15, -0.1) is 0 Å². The number of aliphatic hydroxyl groups is 1. The maximum absolute atomic E-state index is 12.6. The Hall–Kier alpha value is -1.51. The highest BCUT2D eigenvalue weighted by atomic mass is 16.3. The van der Waals surface area contributed by atoms with Crippen molar-refractivity contribution in [3.63, 3.8) is 0 Å². The van der Waals surface area contributed by atoms with Crippen molar-refractivity contribution in [1.82, 2.24) is 10.2 Å². The highest BCUT2D eigenvalue weighted by Crippen LogP contribution is 2.18. The van der Waals surface area contributed by atoms with E-state index in [1.165, 1.54) is 11.8 Å².